The number of nitrogens with one attached hydrogen (secondary N) is 2. The number of benzene rings is 1. The topological polar surface area (TPSA) is 75.3 Å². The first-order chi connectivity index (χ1) is 9.61. The van der Waals surface area contributed by atoms with Crippen molar-refractivity contribution in [3.63, 3.8) is 0 Å². The number of para-hydroxylation sites is 1. The van der Waals surface area contributed by atoms with E-state index in [1.165, 1.54) is 0 Å². The van der Waals surface area contributed by atoms with Crippen LogP contribution in [0, 0.1) is 11.8 Å². The highest BCUT2D eigenvalue weighted by molar-refractivity contribution is 7.92. The van der Waals surface area contributed by atoms with Gasteiger partial charge < -0.3 is 5.32 Å². The second-order valence-corrected chi connectivity index (χ2v) is 7.66. The lowest BCUT2D eigenvalue weighted by molar-refractivity contribution is 0.0911. The van der Waals surface area contributed by atoms with E-state index in [-0.39, 0.29) is 11.9 Å². The highest BCUT2D eigenvalue weighted by Gasteiger charge is 2.22. The summed E-state index contributed by atoms with van der Waals surface area (Å²) in [7, 11) is -3.42. The molecule has 0 aromatic heterocycles. The van der Waals surface area contributed by atoms with Crippen LogP contribution in [0.5, 0.6) is 0 Å². The van der Waals surface area contributed by atoms with Crippen LogP contribution in [-0.2, 0) is 10.0 Å². The Balaban J connectivity index is 3.02. The monoisotopic (exact) mass is 312 g/mol. The second-order valence-electron chi connectivity index (χ2n) is 5.91. The molecule has 1 aromatic rings. The first-order valence-corrected chi connectivity index (χ1v) is 8.88. The number of hydrogen-bond acceptors (Lipinski definition) is 3. The molecule has 0 aliphatic rings. The Kier molecular flexibility index (Phi) is 5.78. The second kappa shape index (κ2) is 6.93. The van der Waals surface area contributed by atoms with Gasteiger partial charge in [0.15, 0.2) is 0 Å². The van der Waals surface area contributed by atoms with Gasteiger partial charge in [-0.2, -0.15) is 0 Å². The maximum atomic E-state index is 12.4. The van der Waals surface area contributed by atoms with Crippen LogP contribution < -0.4 is 10.0 Å². The van der Waals surface area contributed by atoms with Crippen LogP contribution in [0.4, 0.5) is 5.69 Å². The van der Waals surface area contributed by atoms with Crippen LogP contribution >= 0.6 is 0 Å². The molecule has 0 spiro atoms. The third-order valence-electron chi connectivity index (χ3n) is 3.20. The Morgan fingerprint density at radius 2 is 1.57 bits per heavy atom. The van der Waals surface area contributed by atoms with Gasteiger partial charge in [0, 0.05) is 6.04 Å². The summed E-state index contributed by atoms with van der Waals surface area (Å²) >= 11 is 0. The minimum Gasteiger partial charge on any atom is -0.349 e. The van der Waals surface area contributed by atoms with Crippen LogP contribution in [0.15, 0.2) is 24.3 Å². The molecule has 5 nitrogen and oxygen atoms in total. The lowest BCUT2D eigenvalue weighted by Crippen LogP contribution is -2.42. The Bertz CT molecular complexity index is 587. The van der Waals surface area contributed by atoms with Crippen LogP contribution in [0.3, 0.4) is 0 Å². The summed E-state index contributed by atoms with van der Waals surface area (Å²) in [6.07, 6.45) is 1.06. The fourth-order valence-corrected chi connectivity index (χ4v) is 2.88. The van der Waals surface area contributed by atoms with Gasteiger partial charge in [0.05, 0.1) is 17.5 Å². The largest absolute Gasteiger partial charge is 0.349 e. The average molecular weight is 312 g/mol. The van der Waals surface area contributed by atoms with Gasteiger partial charge >= 0.3 is 0 Å². The molecule has 21 heavy (non-hydrogen) atoms. The Labute approximate surface area is 127 Å². The number of hydrogen-bond donors (Lipinski definition) is 2. The van der Waals surface area contributed by atoms with Crippen LogP contribution in [-0.4, -0.2) is 26.6 Å². The third-order valence-corrected chi connectivity index (χ3v) is 3.79. The zero-order valence-corrected chi connectivity index (χ0v) is 14.0. The van der Waals surface area contributed by atoms with E-state index in [0.29, 0.717) is 23.1 Å². The predicted octanol–water partition coefficient (Wildman–Crippen LogP) is 2.47. The van der Waals surface area contributed by atoms with Gasteiger partial charge in [0.25, 0.3) is 5.91 Å². The van der Waals surface area contributed by atoms with Gasteiger partial charge in [-0.25, -0.2) is 8.42 Å². The molecule has 0 saturated carbocycles. The molecule has 0 saturated heterocycles. The molecule has 118 valence electrons. The molecule has 6 heteroatoms. The molecule has 0 atom stereocenters. The van der Waals surface area contributed by atoms with Gasteiger partial charge in [-0.15, -0.1) is 0 Å². The molecular weight excluding hydrogens is 288 g/mol. The Morgan fingerprint density at radius 1 is 1.05 bits per heavy atom. The summed E-state index contributed by atoms with van der Waals surface area (Å²) in [4.78, 5) is 12.4. The summed E-state index contributed by atoms with van der Waals surface area (Å²) in [6, 6.07) is 6.62. The van der Waals surface area contributed by atoms with Crippen molar-refractivity contribution in [1.82, 2.24) is 5.32 Å². The van der Waals surface area contributed by atoms with Crippen molar-refractivity contribution in [2.24, 2.45) is 11.8 Å². The van der Waals surface area contributed by atoms with E-state index in [2.05, 4.69) is 10.0 Å². The first kappa shape index (κ1) is 17.5. The lowest BCUT2D eigenvalue weighted by atomic mass is 9.93. The number of sulfonamides is 1. The van der Waals surface area contributed by atoms with Crippen LogP contribution in [0.1, 0.15) is 38.1 Å². The highest BCUT2D eigenvalue weighted by Crippen LogP contribution is 2.18. The van der Waals surface area contributed by atoms with Crippen molar-refractivity contribution in [3.8, 4) is 0 Å². The lowest BCUT2D eigenvalue weighted by Gasteiger charge is -2.26. The molecule has 0 bridgehead atoms. The summed E-state index contributed by atoms with van der Waals surface area (Å²) < 4.78 is 25.1. The van der Waals surface area contributed by atoms with E-state index in [4.69, 9.17) is 0 Å². The molecule has 0 unspecified atom stereocenters. The normalized spacial score (nSPS) is 12.0. The van der Waals surface area contributed by atoms with E-state index in [1.54, 1.807) is 24.3 Å². The minimum atomic E-state index is -3.42. The summed E-state index contributed by atoms with van der Waals surface area (Å²) in [5.41, 5.74) is 0.623. The highest BCUT2D eigenvalue weighted by atomic mass is 32.2. The molecule has 1 aromatic carbocycles. The fourth-order valence-electron chi connectivity index (χ4n) is 2.30. The number of anilines is 1. The Morgan fingerprint density at radius 3 is 2.05 bits per heavy atom. The SMILES string of the molecule is CC(C)C(NC(=O)c1ccccc1NS(C)(=O)=O)C(C)C. The zero-order valence-electron chi connectivity index (χ0n) is 13.2. The molecule has 0 heterocycles. The van der Waals surface area contributed by atoms with E-state index in [1.807, 2.05) is 27.7 Å². The molecule has 2 N–H and O–H groups in total. The molecule has 0 aliphatic heterocycles. The molecule has 0 radical (unpaired) electrons. The van der Waals surface area contributed by atoms with Crippen molar-refractivity contribution in [2.45, 2.75) is 33.7 Å². The molecule has 0 fully saturated rings. The maximum Gasteiger partial charge on any atom is 0.253 e. The third kappa shape index (κ3) is 5.38. The molecular formula is C15H24N2O3S. The zero-order chi connectivity index (χ0) is 16.2. The standard InChI is InChI=1S/C15H24N2O3S/c1-10(2)14(11(3)4)16-15(18)12-8-6-7-9-13(12)17-21(5,19)20/h6-11,14,17H,1-5H3,(H,16,18). The van der Waals surface area contributed by atoms with E-state index >= 15 is 0 Å². The van der Waals surface area contributed by atoms with Crippen molar-refractivity contribution in [3.05, 3.63) is 29.8 Å². The van der Waals surface area contributed by atoms with E-state index < -0.39 is 10.0 Å². The van der Waals surface area contributed by atoms with Crippen LogP contribution in [0.25, 0.3) is 0 Å². The van der Waals surface area contributed by atoms with Crippen LogP contribution in [0.2, 0.25) is 0 Å². The Hall–Kier alpha value is -1.56. The molecule has 1 amide bonds. The van der Waals surface area contributed by atoms with Gasteiger partial charge in [-0.05, 0) is 24.0 Å². The van der Waals surface area contributed by atoms with Crippen molar-refractivity contribution in [2.75, 3.05) is 11.0 Å². The van der Waals surface area contributed by atoms with E-state index in [9.17, 15) is 13.2 Å². The average Bonchev–Trinajstić information content (AvgIpc) is 2.33. The number of carbonyl (C=O) groups excluding carboxylic acids is 1. The maximum absolute atomic E-state index is 12.4. The van der Waals surface area contributed by atoms with Gasteiger partial charge in [0.2, 0.25) is 10.0 Å². The summed E-state index contributed by atoms with van der Waals surface area (Å²) in [6.45, 7) is 8.19. The molecule has 1 rings (SSSR count). The predicted molar refractivity (Wildman–Crippen MR) is 85.8 cm³/mol. The smallest absolute Gasteiger partial charge is 0.253 e. The summed E-state index contributed by atoms with van der Waals surface area (Å²) in [5.74, 6) is 0.321. The minimum absolute atomic E-state index is 0.0313. The van der Waals surface area contributed by atoms with E-state index in [0.717, 1.165) is 6.26 Å². The van der Waals surface area contributed by atoms with Crippen molar-refractivity contribution in [1.29, 1.82) is 0 Å². The summed E-state index contributed by atoms with van der Waals surface area (Å²) in [5, 5.41) is 2.98. The first-order valence-electron chi connectivity index (χ1n) is 6.99. The number of rotatable bonds is 6. The van der Waals surface area contributed by atoms with Gasteiger partial charge in [0.1, 0.15) is 0 Å². The number of amides is 1. The number of carbonyl (C=O) groups is 1. The quantitative estimate of drug-likeness (QED) is 0.847. The molecule has 0 aliphatic carbocycles. The fraction of sp³-hybridized carbons (Fsp3) is 0.533. The van der Waals surface area contributed by atoms with Crippen molar-refractivity contribution >= 4 is 21.6 Å². The van der Waals surface area contributed by atoms with Gasteiger partial charge in [-0.3, -0.25) is 9.52 Å². The van der Waals surface area contributed by atoms with Crippen molar-refractivity contribution < 1.29 is 13.2 Å². The van der Waals surface area contributed by atoms with Gasteiger partial charge in [-0.1, -0.05) is 39.8 Å².